The van der Waals surface area contributed by atoms with Crippen LogP contribution in [-0.4, -0.2) is 35.8 Å². The summed E-state index contributed by atoms with van der Waals surface area (Å²) in [6, 6.07) is 23.8. The van der Waals surface area contributed by atoms with Gasteiger partial charge in [0.2, 0.25) is 15.9 Å². The highest BCUT2D eigenvalue weighted by Crippen LogP contribution is 2.33. The molecule has 0 spiro atoms. The lowest BCUT2D eigenvalue weighted by atomic mass is 10.1. The van der Waals surface area contributed by atoms with Gasteiger partial charge in [-0.2, -0.15) is 4.31 Å². The zero-order valence-corrected chi connectivity index (χ0v) is 18.6. The van der Waals surface area contributed by atoms with Crippen molar-refractivity contribution in [1.29, 1.82) is 0 Å². The van der Waals surface area contributed by atoms with Crippen LogP contribution in [0.2, 0.25) is 0 Å². The Kier molecular flexibility index (Phi) is 5.19. The van der Waals surface area contributed by atoms with E-state index in [0.29, 0.717) is 19.4 Å². The van der Waals surface area contributed by atoms with Gasteiger partial charge in [-0.05, 0) is 43.5 Å². The molecular weight excluding hydrogens is 420 g/mol. The number of hydrogen-bond donors (Lipinski definition) is 0. The number of carbonyl (C=O) groups is 1. The molecule has 3 aromatic carbocycles. The Morgan fingerprint density at radius 1 is 0.906 bits per heavy atom. The minimum atomic E-state index is -3.76. The molecule has 1 fully saturated rings. The van der Waals surface area contributed by atoms with Crippen molar-refractivity contribution < 1.29 is 13.2 Å². The van der Waals surface area contributed by atoms with Gasteiger partial charge in [-0.25, -0.2) is 8.42 Å². The fraction of sp³-hybridized carbons (Fsp3) is 0.192. The number of rotatable bonds is 4. The quantitative estimate of drug-likeness (QED) is 0.439. The van der Waals surface area contributed by atoms with Gasteiger partial charge >= 0.3 is 0 Å². The Hall–Kier alpha value is -3.22. The third kappa shape index (κ3) is 3.45. The maximum atomic E-state index is 13.7. The van der Waals surface area contributed by atoms with Crippen LogP contribution >= 0.6 is 0 Å². The zero-order valence-electron chi connectivity index (χ0n) is 17.8. The van der Waals surface area contributed by atoms with E-state index in [1.165, 1.54) is 4.31 Å². The van der Waals surface area contributed by atoms with Gasteiger partial charge in [-0.15, -0.1) is 0 Å². The average molecular weight is 445 g/mol. The number of aryl methyl sites for hydroxylation is 1. The van der Waals surface area contributed by atoms with E-state index in [9.17, 15) is 13.2 Å². The monoisotopic (exact) mass is 444 g/mol. The summed E-state index contributed by atoms with van der Waals surface area (Å²) in [6.45, 7) is 2.26. The third-order valence-corrected chi connectivity index (χ3v) is 8.07. The van der Waals surface area contributed by atoms with Crippen molar-refractivity contribution in [3.63, 3.8) is 0 Å². The molecule has 1 atom stereocenters. The molecule has 5 nitrogen and oxygen atoms in total. The smallest absolute Gasteiger partial charge is 0.249 e. The van der Waals surface area contributed by atoms with E-state index in [1.807, 2.05) is 67.7 Å². The molecule has 0 N–H and O–H groups in total. The Labute approximate surface area is 188 Å². The van der Waals surface area contributed by atoms with Crippen LogP contribution < -0.4 is 0 Å². The summed E-state index contributed by atoms with van der Waals surface area (Å²) in [5.41, 5.74) is 3.76. The highest BCUT2D eigenvalue weighted by molar-refractivity contribution is 7.89. The van der Waals surface area contributed by atoms with Crippen LogP contribution in [0.5, 0.6) is 0 Å². The van der Waals surface area contributed by atoms with Crippen LogP contribution in [0.1, 0.15) is 23.2 Å². The summed E-state index contributed by atoms with van der Waals surface area (Å²) in [4.78, 5) is 13.9. The van der Waals surface area contributed by atoms with Crippen molar-refractivity contribution in [2.75, 3.05) is 6.54 Å². The van der Waals surface area contributed by atoms with Crippen molar-refractivity contribution in [1.82, 2.24) is 8.87 Å². The number of carbonyl (C=O) groups excluding carboxylic acids is 1. The van der Waals surface area contributed by atoms with Gasteiger partial charge < -0.3 is 0 Å². The molecule has 0 amide bonds. The van der Waals surface area contributed by atoms with Gasteiger partial charge in [0.15, 0.2) is 0 Å². The average Bonchev–Trinajstić information content (AvgIpc) is 3.46. The Balaban J connectivity index is 1.56. The van der Waals surface area contributed by atoms with E-state index >= 15 is 0 Å². The van der Waals surface area contributed by atoms with Crippen molar-refractivity contribution >= 4 is 26.8 Å². The summed E-state index contributed by atoms with van der Waals surface area (Å²) in [7, 11) is -3.76. The molecule has 1 aliphatic rings. The third-order valence-electron chi connectivity index (χ3n) is 6.15. The van der Waals surface area contributed by atoms with Crippen LogP contribution in [0.3, 0.4) is 0 Å². The highest BCUT2D eigenvalue weighted by atomic mass is 32.2. The molecule has 1 unspecified atom stereocenters. The SMILES string of the molecule is Cc1ccc(S(=O)(=O)N2CCCC2C(=O)n2cc(-c3ccccc3)c3ccccc32)cc1. The molecule has 32 heavy (non-hydrogen) atoms. The Morgan fingerprint density at radius 2 is 1.59 bits per heavy atom. The predicted molar refractivity (Wildman–Crippen MR) is 126 cm³/mol. The van der Waals surface area contributed by atoms with Crippen LogP contribution in [-0.2, 0) is 10.0 Å². The molecule has 0 bridgehead atoms. The molecule has 0 aliphatic carbocycles. The lowest BCUT2D eigenvalue weighted by Gasteiger charge is -2.23. The lowest BCUT2D eigenvalue weighted by molar-refractivity contribution is 0.0838. The first-order chi connectivity index (χ1) is 15.5. The van der Waals surface area contributed by atoms with Crippen LogP contribution in [0.4, 0.5) is 0 Å². The van der Waals surface area contributed by atoms with Gasteiger partial charge in [0.25, 0.3) is 0 Å². The maximum absolute atomic E-state index is 13.7. The largest absolute Gasteiger partial charge is 0.285 e. The number of nitrogens with zero attached hydrogens (tertiary/aromatic N) is 2. The number of aromatic nitrogens is 1. The van der Waals surface area contributed by atoms with Gasteiger partial charge in [0, 0.05) is 23.7 Å². The number of fused-ring (bicyclic) bond motifs is 1. The minimum Gasteiger partial charge on any atom is -0.285 e. The molecule has 0 saturated carbocycles. The van der Waals surface area contributed by atoms with E-state index in [2.05, 4.69) is 0 Å². The molecule has 5 rings (SSSR count). The van der Waals surface area contributed by atoms with E-state index < -0.39 is 16.1 Å². The molecule has 0 radical (unpaired) electrons. The Bertz CT molecular complexity index is 1390. The van der Waals surface area contributed by atoms with E-state index in [4.69, 9.17) is 0 Å². The molecular formula is C26H24N2O3S. The molecule has 2 heterocycles. The topological polar surface area (TPSA) is 59.4 Å². The summed E-state index contributed by atoms with van der Waals surface area (Å²) >= 11 is 0. The van der Waals surface area contributed by atoms with Crippen LogP contribution in [0, 0.1) is 6.92 Å². The Morgan fingerprint density at radius 3 is 2.34 bits per heavy atom. The van der Waals surface area contributed by atoms with E-state index in [0.717, 1.165) is 27.6 Å². The standard InChI is InChI=1S/C26H24N2O3S/c1-19-13-15-21(16-14-19)32(30,31)28-17-7-12-25(28)26(29)27-18-23(20-8-3-2-4-9-20)22-10-5-6-11-24(22)27/h2-6,8-11,13-16,18,25H,7,12,17H2,1H3. The number of sulfonamides is 1. The van der Waals surface area contributed by atoms with Crippen LogP contribution in [0.15, 0.2) is 90.0 Å². The van der Waals surface area contributed by atoms with E-state index in [1.54, 1.807) is 28.8 Å². The van der Waals surface area contributed by atoms with Crippen molar-refractivity contribution in [2.45, 2.75) is 30.7 Å². The number of para-hydroxylation sites is 1. The summed E-state index contributed by atoms with van der Waals surface area (Å²) in [6.07, 6.45) is 3.01. The van der Waals surface area contributed by atoms with Gasteiger partial charge in [-0.1, -0.05) is 66.2 Å². The van der Waals surface area contributed by atoms with Gasteiger partial charge in [0.1, 0.15) is 6.04 Å². The molecule has 1 aromatic heterocycles. The molecule has 6 heteroatoms. The molecule has 1 aliphatic heterocycles. The van der Waals surface area contributed by atoms with E-state index in [-0.39, 0.29) is 10.8 Å². The highest BCUT2D eigenvalue weighted by Gasteiger charge is 2.40. The second-order valence-electron chi connectivity index (χ2n) is 8.22. The molecule has 4 aromatic rings. The van der Waals surface area contributed by atoms with Crippen LogP contribution in [0.25, 0.3) is 22.0 Å². The number of benzene rings is 3. The lowest BCUT2D eigenvalue weighted by Crippen LogP contribution is -2.42. The first kappa shape index (κ1) is 20.7. The van der Waals surface area contributed by atoms with Crippen molar-refractivity contribution in [3.05, 3.63) is 90.6 Å². The molecule has 1 saturated heterocycles. The second kappa shape index (κ2) is 8.04. The maximum Gasteiger partial charge on any atom is 0.249 e. The van der Waals surface area contributed by atoms with Crippen molar-refractivity contribution in [2.24, 2.45) is 0 Å². The number of hydrogen-bond acceptors (Lipinski definition) is 3. The zero-order chi connectivity index (χ0) is 22.3. The first-order valence-electron chi connectivity index (χ1n) is 10.7. The first-order valence-corrected chi connectivity index (χ1v) is 12.2. The fourth-order valence-corrected chi connectivity index (χ4v) is 6.14. The fourth-order valence-electron chi connectivity index (χ4n) is 4.49. The van der Waals surface area contributed by atoms with Crippen molar-refractivity contribution in [3.8, 4) is 11.1 Å². The summed E-state index contributed by atoms with van der Waals surface area (Å²) < 4.78 is 29.7. The van der Waals surface area contributed by atoms with Gasteiger partial charge in [0.05, 0.1) is 10.4 Å². The molecule has 162 valence electrons. The summed E-state index contributed by atoms with van der Waals surface area (Å²) in [5, 5.41) is 0.970. The normalized spacial score (nSPS) is 17.1. The second-order valence-corrected chi connectivity index (χ2v) is 10.1. The predicted octanol–water partition coefficient (Wildman–Crippen LogP) is 5.11. The van der Waals surface area contributed by atoms with Gasteiger partial charge in [-0.3, -0.25) is 9.36 Å². The summed E-state index contributed by atoms with van der Waals surface area (Å²) in [5.74, 6) is -0.212. The minimum absolute atomic E-state index is 0.212.